The quantitative estimate of drug-likeness (QED) is 0.823. The van der Waals surface area contributed by atoms with Gasteiger partial charge in [-0.15, -0.1) is 0 Å². The second kappa shape index (κ2) is 5.95. The number of nitrogens with one attached hydrogen (secondary N) is 1. The Morgan fingerprint density at radius 2 is 2.24 bits per heavy atom. The molecule has 0 aliphatic rings. The highest BCUT2D eigenvalue weighted by molar-refractivity contribution is 7.80. The molecule has 0 spiro atoms. The molecule has 1 aromatic rings. The van der Waals surface area contributed by atoms with Crippen LogP contribution in [0, 0.1) is 0 Å². The van der Waals surface area contributed by atoms with Crippen LogP contribution in [0.1, 0.15) is 12.5 Å². The summed E-state index contributed by atoms with van der Waals surface area (Å²) >= 11 is 10.8. The average Bonchev–Trinajstić information content (AvgIpc) is 2.30. The molecule has 1 rings (SSSR count). The fourth-order valence-electron chi connectivity index (χ4n) is 1.11. The first kappa shape index (κ1) is 13.9. The molecule has 1 unspecified atom stereocenters. The molecule has 92 valence electrons. The normalized spacial score (nSPS) is 11.9. The van der Waals surface area contributed by atoms with Crippen molar-refractivity contribution in [2.75, 3.05) is 12.4 Å². The topological polar surface area (TPSA) is 64.3 Å². The Morgan fingerprint density at radius 1 is 1.59 bits per heavy atom. The molecule has 1 atom stereocenters. The fourth-order valence-corrected chi connectivity index (χ4v) is 1.47. The molecule has 4 nitrogen and oxygen atoms in total. The van der Waals surface area contributed by atoms with E-state index in [9.17, 15) is 4.79 Å². The highest BCUT2D eigenvalue weighted by atomic mass is 35.5. The van der Waals surface area contributed by atoms with E-state index in [4.69, 9.17) is 34.3 Å². The SMILES string of the molecule is COC(C)C(=O)Nc1ccc(C(N)=S)cc1Cl. The van der Waals surface area contributed by atoms with E-state index in [0.717, 1.165) is 0 Å². The monoisotopic (exact) mass is 272 g/mol. The van der Waals surface area contributed by atoms with E-state index in [2.05, 4.69) is 5.32 Å². The smallest absolute Gasteiger partial charge is 0.253 e. The first-order chi connectivity index (χ1) is 7.95. The summed E-state index contributed by atoms with van der Waals surface area (Å²) in [5.41, 5.74) is 6.63. The van der Waals surface area contributed by atoms with Gasteiger partial charge in [-0.25, -0.2) is 0 Å². The predicted octanol–water partition coefficient (Wildman–Crippen LogP) is 1.95. The molecular weight excluding hydrogens is 260 g/mol. The lowest BCUT2D eigenvalue weighted by Crippen LogP contribution is -2.26. The maximum atomic E-state index is 11.6. The molecule has 0 radical (unpaired) electrons. The first-order valence-corrected chi connectivity index (χ1v) is 5.67. The lowest BCUT2D eigenvalue weighted by molar-refractivity contribution is -0.124. The Kier molecular flexibility index (Phi) is 4.86. The Bertz CT molecular complexity index is 451. The maximum absolute atomic E-state index is 11.6. The van der Waals surface area contributed by atoms with Crippen LogP contribution in [0.25, 0.3) is 0 Å². The second-order valence-electron chi connectivity index (χ2n) is 3.43. The molecule has 0 aliphatic carbocycles. The highest BCUT2D eigenvalue weighted by Crippen LogP contribution is 2.23. The zero-order valence-corrected chi connectivity index (χ0v) is 11.1. The van der Waals surface area contributed by atoms with Gasteiger partial charge in [0.05, 0.1) is 10.7 Å². The van der Waals surface area contributed by atoms with E-state index in [1.807, 2.05) is 0 Å². The summed E-state index contributed by atoms with van der Waals surface area (Å²) in [4.78, 5) is 11.8. The Labute approximate surface area is 110 Å². The van der Waals surface area contributed by atoms with E-state index < -0.39 is 6.10 Å². The van der Waals surface area contributed by atoms with Crippen LogP contribution in [0.15, 0.2) is 18.2 Å². The molecule has 0 aliphatic heterocycles. The molecule has 1 amide bonds. The summed E-state index contributed by atoms with van der Waals surface area (Å²) in [6.07, 6.45) is -0.540. The number of hydrogen-bond donors (Lipinski definition) is 2. The van der Waals surface area contributed by atoms with Crippen molar-refractivity contribution >= 4 is 40.4 Å². The van der Waals surface area contributed by atoms with Gasteiger partial charge in [0.2, 0.25) is 0 Å². The Balaban J connectivity index is 2.86. The minimum atomic E-state index is -0.540. The van der Waals surface area contributed by atoms with Crippen molar-refractivity contribution < 1.29 is 9.53 Å². The number of amides is 1. The fraction of sp³-hybridized carbons (Fsp3) is 0.273. The van der Waals surface area contributed by atoms with Gasteiger partial charge >= 0.3 is 0 Å². The van der Waals surface area contributed by atoms with E-state index in [-0.39, 0.29) is 10.9 Å². The van der Waals surface area contributed by atoms with E-state index in [0.29, 0.717) is 16.3 Å². The van der Waals surface area contributed by atoms with E-state index in [1.54, 1.807) is 25.1 Å². The summed E-state index contributed by atoms with van der Waals surface area (Å²) in [6, 6.07) is 4.95. The third-order valence-electron chi connectivity index (χ3n) is 2.23. The number of ether oxygens (including phenoxy) is 1. The first-order valence-electron chi connectivity index (χ1n) is 4.88. The molecule has 0 fully saturated rings. The van der Waals surface area contributed by atoms with E-state index >= 15 is 0 Å². The number of thiocarbonyl (C=S) groups is 1. The maximum Gasteiger partial charge on any atom is 0.253 e. The van der Waals surface area contributed by atoms with Gasteiger partial charge in [0.1, 0.15) is 11.1 Å². The molecule has 0 saturated carbocycles. The molecule has 0 bridgehead atoms. The number of carbonyl (C=O) groups excluding carboxylic acids is 1. The van der Waals surface area contributed by atoms with Crippen molar-refractivity contribution in [3.05, 3.63) is 28.8 Å². The minimum absolute atomic E-state index is 0.259. The zero-order valence-electron chi connectivity index (χ0n) is 9.49. The van der Waals surface area contributed by atoms with Gasteiger partial charge in [0.25, 0.3) is 5.91 Å². The number of nitrogens with two attached hydrogens (primary N) is 1. The zero-order chi connectivity index (χ0) is 13.0. The summed E-state index contributed by atoms with van der Waals surface area (Å²) in [6.45, 7) is 1.65. The molecular formula is C11H13ClN2O2S. The van der Waals surface area contributed by atoms with Gasteiger partial charge in [0.15, 0.2) is 0 Å². The molecule has 3 N–H and O–H groups in total. The Morgan fingerprint density at radius 3 is 2.71 bits per heavy atom. The molecule has 0 saturated heterocycles. The second-order valence-corrected chi connectivity index (χ2v) is 4.27. The molecule has 0 aromatic heterocycles. The van der Waals surface area contributed by atoms with Crippen molar-refractivity contribution in [1.29, 1.82) is 0 Å². The Hall–Kier alpha value is -1.17. The van der Waals surface area contributed by atoms with Crippen LogP contribution in [-0.2, 0) is 9.53 Å². The number of anilines is 1. The van der Waals surface area contributed by atoms with Gasteiger partial charge in [-0.05, 0) is 25.1 Å². The van der Waals surface area contributed by atoms with Crippen LogP contribution in [0.5, 0.6) is 0 Å². The largest absolute Gasteiger partial charge is 0.389 e. The predicted molar refractivity (Wildman–Crippen MR) is 72.4 cm³/mol. The molecule has 17 heavy (non-hydrogen) atoms. The molecule has 0 heterocycles. The van der Waals surface area contributed by atoms with Crippen molar-refractivity contribution in [1.82, 2.24) is 0 Å². The van der Waals surface area contributed by atoms with Gasteiger partial charge in [-0.2, -0.15) is 0 Å². The number of hydrogen-bond acceptors (Lipinski definition) is 3. The average molecular weight is 273 g/mol. The van der Waals surface area contributed by atoms with Crippen molar-refractivity contribution in [2.24, 2.45) is 5.73 Å². The number of rotatable bonds is 4. The van der Waals surface area contributed by atoms with Crippen LogP contribution >= 0.6 is 23.8 Å². The third kappa shape index (κ3) is 3.66. The minimum Gasteiger partial charge on any atom is -0.389 e. The number of methoxy groups -OCH3 is 1. The van der Waals surface area contributed by atoms with Crippen LogP contribution in [-0.4, -0.2) is 24.1 Å². The van der Waals surface area contributed by atoms with E-state index in [1.165, 1.54) is 7.11 Å². The lowest BCUT2D eigenvalue weighted by atomic mass is 10.2. The summed E-state index contributed by atoms with van der Waals surface area (Å²) < 4.78 is 4.89. The van der Waals surface area contributed by atoms with Gasteiger partial charge in [-0.3, -0.25) is 4.79 Å². The highest BCUT2D eigenvalue weighted by Gasteiger charge is 2.13. The van der Waals surface area contributed by atoms with Gasteiger partial charge in [-0.1, -0.05) is 23.8 Å². The van der Waals surface area contributed by atoms with Crippen LogP contribution in [0.4, 0.5) is 5.69 Å². The number of carbonyl (C=O) groups is 1. The van der Waals surface area contributed by atoms with Crippen molar-refractivity contribution in [3.8, 4) is 0 Å². The van der Waals surface area contributed by atoms with Gasteiger partial charge in [0, 0.05) is 12.7 Å². The summed E-state index contributed by atoms with van der Waals surface area (Å²) in [5, 5.41) is 3.03. The third-order valence-corrected chi connectivity index (χ3v) is 2.78. The number of benzene rings is 1. The molecule has 1 aromatic carbocycles. The number of halogens is 1. The van der Waals surface area contributed by atoms with Gasteiger partial charge < -0.3 is 15.8 Å². The van der Waals surface area contributed by atoms with Crippen molar-refractivity contribution in [3.63, 3.8) is 0 Å². The van der Waals surface area contributed by atoms with Crippen LogP contribution in [0.2, 0.25) is 5.02 Å². The van der Waals surface area contributed by atoms with Crippen LogP contribution in [0.3, 0.4) is 0 Å². The summed E-state index contributed by atoms with van der Waals surface area (Å²) in [5.74, 6) is -0.266. The summed E-state index contributed by atoms with van der Waals surface area (Å²) in [7, 11) is 1.46. The standard InChI is InChI=1S/C11H13ClN2O2S/c1-6(16-2)11(15)14-9-4-3-7(10(13)17)5-8(9)12/h3-6H,1-2H3,(H2,13,17)(H,14,15). The lowest BCUT2D eigenvalue weighted by Gasteiger charge is -2.12. The molecule has 6 heteroatoms. The van der Waals surface area contributed by atoms with Crippen molar-refractivity contribution in [2.45, 2.75) is 13.0 Å². The van der Waals surface area contributed by atoms with Crippen LogP contribution < -0.4 is 11.1 Å².